The number of anilines is 1. The smallest absolute Gasteiger partial charge is 0.211 e. The fourth-order valence-electron chi connectivity index (χ4n) is 2.33. The predicted molar refractivity (Wildman–Crippen MR) is 75.5 cm³/mol. The van der Waals surface area contributed by atoms with Gasteiger partial charge in [0.2, 0.25) is 10.0 Å². The minimum atomic E-state index is -3.09. The molecule has 0 saturated carbocycles. The van der Waals surface area contributed by atoms with Crippen LogP contribution in [0.1, 0.15) is 11.1 Å². The van der Waals surface area contributed by atoms with Crippen molar-refractivity contribution < 1.29 is 8.42 Å². The number of aryl methyl sites for hydroxylation is 1. The molecule has 7 heteroatoms. The van der Waals surface area contributed by atoms with Crippen LogP contribution in [0.25, 0.3) is 0 Å². The predicted octanol–water partition coefficient (Wildman–Crippen LogP) is -0.0697. The van der Waals surface area contributed by atoms with Gasteiger partial charge in [0.25, 0.3) is 0 Å². The molecule has 106 valence electrons. The van der Waals surface area contributed by atoms with Gasteiger partial charge in [-0.1, -0.05) is 0 Å². The van der Waals surface area contributed by atoms with Crippen LogP contribution in [0.2, 0.25) is 0 Å². The van der Waals surface area contributed by atoms with Gasteiger partial charge in [-0.05, 0) is 18.6 Å². The molecule has 2 rings (SSSR count). The lowest BCUT2D eigenvalue weighted by molar-refractivity contribution is 0.386. The van der Waals surface area contributed by atoms with Crippen molar-refractivity contribution in [2.45, 2.75) is 13.5 Å². The molecule has 2 heterocycles. The Hall–Kier alpha value is -1.18. The molecule has 1 aliphatic heterocycles. The molecule has 1 saturated heterocycles. The van der Waals surface area contributed by atoms with Crippen LogP contribution in [0.3, 0.4) is 0 Å². The summed E-state index contributed by atoms with van der Waals surface area (Å²) < 4.78 is 24.5. The molecular weight excluding hydrogens is 264 g/mol. The van der Waals surface area contributed by atoms with Crippen LogP contribution in [0.4, 0.5) is 5.82 Å². The molecule has 2 N–H and O–H groups in total. The van der Waals surface area contributed by atoms with Crippen LogP contribution in [-0.2, 0) is 16.6 Å². The van der Waals surface area contributed by atoms with Gasteiger partial charge in [0.05, 0.1) is 6.26 Å². The van der Waals surface area contributed by atoms with E-state index in [1.807, 2.05) is 13.0 Å². The van der Waals surface area contributed by atoms with Gasteiger partial charge >= 0.3 is 0 Å². The van der Waals surface area contributed by atoms with Crippen LogP contribution < -0.4 is 10.6 Å². The van der Waals surface area contributed by atoms with Gasteiger partial charge in [0.15, 0.2) is 0 Å². The van der Waals surface area contributed by atoms with Crippen molar-refractivity contribution in [3.05, 3.63) is 23.4 Å². The second-order valence-corrected chi connectivity index (χ2v) is 6.77. The second kappa shape index (κ2) is 5.44. The van der Waals surface area contributed by atoms with Gasteiger partial charge in [-0.3, -0.25) is 0 Å². The molecule has 1 fully saturated rings. The lowest BCUT2D eigenvalue weighted by Crippen LogP contribution is -2.49. The number of hydrogen-bond acceptors (Lipinski definition) is 5. The van der Waals surface area contributed by atoms with Crippen LogP contribution in [0.5, 0.6) is 0 Å². The highest BCUT2D eigenvalue weighted by Gasteiger charge is 2.25. The molecule has 1 aromatic heterocycles. The van der Waals surface area contributed by atoms with E-state index in [4.69, 9.17) is 5.73 Å². The molecular formula is C12H20N4O2S. The zero-order valence-corrected chi connectivity index (χ0v) is 12.2. The molecule has 0 bridgehead atoms. The third kappa shape index (κ3) is 3.05. The van der Waals surface area contributed by atoms with Gasteiger partial charge in [0, 0.05) is 44.5 Å². The second-order valence-electron chi connectivity index (χ2n) is 4.78. The Balaban J connectivity index is 2.16. The Kier molecular flexibility index (Phi) is 4.07. The molecule has 0 atom stereocenters. The van der Waals surface area contributed by atoms with Crippen molar-refractivity contribution in [2.75, 3.05) is 37.3 Å². The third-order valence-corrected chi connectivity index (χ3v) is 4.78. The number of piperazine rings is 1. The number of nitrogens with two attached hydrogens (primary N) is 1. The fraction of sp³-hybridized carbons (Fsp3) is 0.583. The van der Waals surface area contributed by atoms with Gasteiger partial charge < -0.3 is 10.6 Å². The summed E-state index contributed by atoms with van der Waals surface area (Å²) in [6, 6.07) is 1.94. The van der Waals surface area contributed by atoms with E-state index < -0.39 is 10.0 Å². The lowest BCUT2D eigenvalue weighted by Gasteiger charge is -2.35. The van der Waals surface area contributed by atoms with E-state index in [2.05, 4.69) is 9.88 Å². The molecule has 6 nitrogen and oxygen atoms in total. The third-order valence-electron chi connectivity index (χ3n) is 3.48. The normalized spacial score (nSPS) is 17.7. The van der Waals surface area contributed by atoms with Crippen molar-refractivity contribution in [1.29, 1.82) is 0 Å². The molecule has 1 aliphatic rings. The zero-order chi connectivity index (χ0) is 14.0. The number of rotatable bonds is 3. The van der Waals surface area contributed by atoms with E-state index in [1.54, 1.807) is 6.20 Å². The quantitative estimate of drug-likeness (QED) is 0.840. The average molecular weight is 284 g/mol. The maximum absolute atomic E-state index is 11.5. The van der Waals surface area contributed by atoms with Crippen molar-refractivity contribution in [3.63, 3.8) is 0 Å². The minimum absolute atomic E-state index is 0.446. The summed E-state index contributed by atoms with van der Waals surface area (Å²) >= 11 is 0. The van der Waals surface area contributed by atoms with Crippen molar-refractivity contribution in [2.24, 2.45) is 5.73 Å². The van der Waals surface area contributed by atoms with E-state index in [-0.39, 0.29) is 0 Å². The maximum Gasteiger partial charge on any atom is 0.211 e. The fourth-order valence-corrected chi connectivity index (χ4v) is 3.16. The molecule has 0 spiro atoms. The molecule has 19 heavy (non-hydrogen) atoms. The van der Waals surface area contributed by atoms with E-state index >= 15 is 0 Å². The Bertz CT molecular complexity index is 551. The van der Waals surface area contributed by atoms with E-state index in [1.165, 1.54) is 10.6 Å². The van der Waals surface area contributed by atoms with E-state index in [0.717, 1.165) is 16.9 Å². The number of hydrogen-bond donors (Lipinski definition) is 1. The zero-order valence-electron chi connectivity index (χ0n) is 11.3. The largest absolute Gasteiger partial charge is 0.354 e. The molecule has 0 aliphatic carbocycles. The first kappa shape index (κ1) is 14.2. The average Bonchev–Trinajstić information content (AvgIpc) is 2.37. The Morgan fingerprint density at radius 1 is 1.32 bits per heavy atom. The summed E-state index contributed by atoms with van der Waals surface area (Å²) in [6.45, 7) is 4.76. The highest BCUT2D eigenvalue weighted by Crippen LogP contribution is 2.22. The summed E-state index contributed by atoms with van der Waals surface area (Å²) in [5, 5.41) is 0. The standard InChI is InChI=1S/C12H20N4O2S/c1-10-3-4-14-12(11(10)9-13)15-5-7-16(8-6-15)19(2,17)18/h3-4H,5-9,13H2,1-2H3. The first-order valence-electron chi connectivity index (χ1n) is 6.28. The van der Waals surface area contributed by atoms with Crippen molar-refractivity contribution >= 4 is 15.8 Å². The topological polar surface area (TPSA) is 79.5 Å². The highest BCUT2D eigenvalue weighted by molar-refractivity contribution is 7.88. The molecule has 0 amide bonds. The Labute approximate surface area is 114 Å². The Morgan fingerprint density at radius 3 is 2.47 bits per heavy atom. The Morgan fingerprint density at radius 2 is 1.95 bits per heavy atom. The van der Waals surface area contributed by atoms with Crippen LogP contribution in [-0.4, -0.2) is 50.1 Å². The van der Waals surface area contributed by atoms with Crippen molar-refractivity contribution in [1.82, 2.24) is 9.29 Å². The SMILES string of the molecule is Cc1ccnc(N2CCN(S(C)(=O)=O)CC2)c1CN. The first-order valence-corrected chi connectivity index (χ1v) is 8.13. The minimum Gasteiger partial charge on any atom is -0.354 e. The van der Waals surface area contributed by atoms with Crippen LogP contribution >= 0.6 is 0 Å². The van der Waals surface area contributed by atoms with E-state index in [9.17, 15) is 8.42 Å². The first-order chi connectivity index (χ1) is 8.93. The summed E-state index contributed by atoms with van der Waals surface area (Å²) in [6.07, 6.45) is 3.02. The summed E-state index contributed by atoms with van der Waals surface area (Å²) in [5.74, 6) is 0.885. The molecule has 1 aromatic rings. The number of sulfonamides is 1. The summed E-state index contributed by atoms with van der Waals surface area (Å²) in [7, 11) is -3.09. The van der Waals surface area contributed by atoms with Gasteiger partial charge in [0.1, 0.15) is 5.82 Å². The van der Waals surface area contributed by atoms with Crippen molar-refractivity contribution in [3.8, 4) is 0 Å². The van der Waals surface area contributed by atoms with Crippen LogP contribution in [0, 0.1) is 6.92 Å². The number of aromatic nitrogens is 1. The van der Waals surface area contributed by atoms with Crippen LogP contribution in [0.15, 0.2) is 12.3 Å². The number of nitrogens with zero attached hydrogens (tertiary/aromatic N) is 3. The molecule has 0 radical (unpaired) electrons. The van der Waals surface area contributed by atoms with Gasteiger partial charge in [-0.25, -0.2) is 13.4 Å². The maximum atomic E-state index is 11.5. The van der Waals surface area contributed by atoms with E-state index in [0.29, 0.717) is 32.7 Å². The highest BCUT2D eigenvalue weighted by atomic mass is 32.2. The van der Waals surface area contributed by atoms with Gasteiger partial charge in [-0.15, -0.1) is 0 Å². The summed E-state index contributed by atoms with van der Waals surface area (Å²) in [5.41, 5.74) is 7.94. The lowest BCUT2D eigenvalue weighted by atomic mass is 10.1. The molecule has 0 aromatic carbocycles. The van der Waals surface area contributed by atoms with Gasteiger partial charge in [-0.2, -0.15) is 4.31 Å². The number of pyridine rings is 1. The summed E-state index contributed by atoms with van der Waals surface area (Å²) in [4.78, 5) is 6.51. The monoisotopic (exact) mass is 284 g/mol. The molecule has 0 unspecified atom stereocenters.